The van der Waals surface area contributed by atoms with Crippen LogP contribution >= 0.6 is 0 Å². The molecular weight excluding hydrogens is 535 g/mol. The van der Waals surface area contributed by atoms with Crippen molar-refractivity contribution in [2.45, 2.75) is 54.1 Å². The number of carbonyl (C=O) groups is 1. The van der Waals surface area contributed by atoms with Crippen LogP contribution in [0.2, 0.25) is 0 Å². The molecule has 0 radical (unpaired) electrons. The van der Waals surface area contributed by atoms with E-state index in [2.05, 4.69) is 0 Å². The van der Waals surface area contributed by atoms with E-state index in [9.17, 15) is 79.4 Å². The highest BCUT2D eigenvalue weighted by Gasteiger charge is 2.95. The lowest BCUT2D eigenvalue weighted by atomic mass is 9.89. The van der Waals surface area contributed by atoms with Crippen LogP contribution in [-0.2, 0) is 4.79 Å². The molecule has 0 unspecified atom stereocenters. The maximum atomic E-state index is 13.6. The molecule has 0 fully saturated rings. The van der Waals surface area contributed by atoms with Crippen LogP contribution in [0.3, 0.4) is 0 Å². The Bertz CT molecular complexity index is 728. The van der Waals surface area contributed by atoms with Gasteiger partial charge in [-0.15, -0.1) is 0 Å². The highest BCUT2D eigenvalue weighted by atomic mass is 19.4. The second-order valence-electron chi connectivity index (χ2n) is 6.93. The van der Waals surface area contributed by atoms with Crippen molar-refractivity contribution in [3.8, 4) is 0 Å². The third-order valence-electron chi connectivity index (χ3n) is 4.07. The molecule has 0 aromatic carbocycles. The third kappa shape index (κ3) is 4.69. The zero-order valence-corrected chi connectivity index (χ0v) is 16.4. The summed E-state index contributed by atoms with van der Waals surface area (Å²) in [6, 6.07) is 0. The molecule has 0 bridgehead atoms. The van der Waals surface area contributed by atoms with Crippen molar-refractivity contribution in [1.82, 2.24) is 10.2 Å². The van der Waals surface area contributed by atoms with Crippen LogP contribution in [0.1, 0.15) is 6.42 Å². The van der Waals surface area contributed by atoms with Crippen molar-refractivity contribution in [2.75, 3.05) is 27.2 Å². The molecule has 0 aliphatic rings. The normalized spacial score (nSPS) is 15.6. The summed E-state index contributed by atoms with van der Waals surface area (Å²) in [7, 11) is 2.73. The summed E-state index contributed by atoms with van der Waals surface area (Å²) in [6.07, 6.45) is -8.17. The fourth-order valence-electron chi connectivity index (χ4n) is 2.01. The molecule has 0 aromatic heterocycles. The van der Waals surface area contributed by atoms with Gasteiger partial charge in [0.05, 0.1) is 0 Å². The Hall–Kier alpha value is -1.76. The number of rotatable bonds is 11. The highest BCUT2D eigenvalue weighted by molar-refractivity contribution is 5.84. The van der Waals surface area contributed by atoms with Crippen LogP contribution in [0.5, 0.6) is 0 Å². The highest BCUT2D eigenvalue weighted by Crippen LogP contribution is 2.63. The second kappa shape index (κ2) is 9.03. The third-order valence-corrected chi connectivity index (χ3v) is 4.07. The van der Waals surface area contributed by atoms with E-state index in [1.807, 2.05) is 0 Å². The minimum Gasteiger partial charge on any atom is -0.351 e. The van der Waals surface area contributed by atoms with Gasteiger partial charge >= 0.3 is 47.6 Å². The maximum Gasteiger partial charge on any atom is 0.460 e. The molecule has 0 heterocycles. The first-order valence-corrected chi connectivity index (χ1v) is 8.23. The summed E-state index contributed by atoms with van der Waals surface area (Å²) in [4.78, 5) is 12.4. The number of halogens is 17. The Labute approximate surface area is 178 Å². The van der Waals surface area contributed by atoms with Gasteiger partial charge in [-0.1, -0.05) is 0 Å². The molecule has 0 aromatic rings. The SMILES string of the molecule is CN(C)CCCNC(=O)C(F)(F)C(F)(F)C(F)(F)C(F)(F)C(F)(F)C(F)(F)C(F)(F)C(F)(F)F. The van der Waals surface area contributed by atoms with Gasteiger partial charge in [0, 0.05) is 6.54 Å². The standard InChI is InChI=1S/C14H13F17N2O/c1-33(2)5-3-4-32-6(34)7(15,16)8(17,18)9(19,20)10(21,22)11(23,24)12(25,26)13(27,28)14(29,30)31/h3-5H2,1-2H3,(H,32,34). The van der Waals surface area contributed by atoms with Crippen molar-refractivity contribution < 1.29 is 79.4 Å². The van der Waals surface area contributed by atoms with Crippen molar-refractivity contribution in [3.63, 3.8) is 0 Å². The van der Waals surface area contributed by atoms with Crippen molar-refractivity contribution in [2.24, 2.45) is 0 Å². The summed E-state index contributed by atoms with van der Waals surface area (Å²) in [6.45, 7) is -1.08. The average Bonchev–Trinajstić information content (AvgIpc) is 2.62. The fourth-order valence-corrected chi connectivity index (χ4v) is 2.01. The Morgan fingerprint density at radius 1 is 0.588 bits per heavy atom. The predicted octanol–water partition coefficient (Wildman–Crippen LogP) is 5.06. The van der Waals surface area contributed by atoms with Crippen LogP contribution in [0, 0.1) is 0 Å². The zero-order chi connectivity index (χ0) is 28.0. The Kier molecular flexibility index (Phi) is 8.56. The number of amides is 1. The lowest BCUT2D eigenvalue weighted by Gasteiger charge is -2.42. The van der Waals surface area contributed by atoms with Crippen molar-refractivity contribution in [1.29, 1.82) is 0 Å². The average molecular weight is 548 g/mol. The summed E-state index contributed by atoms with van der Waals surface area (Å²) in [5, 5.41) is 0.843. The summed E-state index contributed by atoms with van der Waals surface area (Å²) in [5.41, 5.74) is 0. The molecule has 20 heteroatoms. The lowest BCUT2D eigenvalue weighted by molar-refractivity contribution is -0.459. The van der Waals surface area contributed by atoms with E-state index in [0.29, 0.717) is 0 Å². The second-order valence-corrected chi connectivity index (χ2v) is 6.93. The lowest BCUT2D eigenvalue weighted by Crippen LogP contribution is -2.75. The van der Waals surface area contributed by atoms with Gasteiger partial charge in [-0.25, -0.2) is 0 Å². The molecule has 1 N–H and O–H groups in total. The van der Waals surface area contributed by atoms with Gasteiger partial charge in [-0.3, -0.25) is 4.79 Å². The van der Waals surface area contributed by atoms with E-state index >= 15 is 0 Å². The quantitative estimate of drug-likeness (QED) is 0.289. The van der Waals surface area contributed by atoms with Crippen LogP contribution in [-0.4, -0.2) is 85.6 Å². The zero-order valence-electron chi connectivity index (χ0n) is 16.4. The van der Waals surface area contributed by atoms with E-state index in [0.717, 1.165) is 5.32 Å². The van der Waals surface area contributed by atoms with Crippen molar-refractivity contribution in [3.05, 3.63) is 0 Å². The van der Waals surface area contributed by atoms with Gasteiger partial charge in [0.2, 0.25) is 0 Å². The van der Waals surface area contributed by atoms with E-state index in [4.69, 9.17) is 0 Å². The summed E-state index contributed by atoms with van der Waals surface area (Å²) in [5.74, 6) is -61.3. The topological polar surface area (TPSA) is 32.3 Å². The van der Waals surface area contributed by atoms with Gasteiger partial charge < -0.3 is 10.2 Å². The smallest absolute Gasteiger partial charge is 0.351 e. The number of hydrogen-bond donors (Lipinski definition) is 1. The Morgan fingerprint density at radius 3 is 1.24 bits per heavy atom. The molecule has 0 saturated carbocycles. The van der Waals surface area contributed by atoms with Crippen LogP contribution in [0.25, 0.3) is 0 Å². The molecule has 204 valence electrons. The molecule has 1 amide bonds. The van der Waals surface area contributed by atoms with Gasteiger partial charge in [0.25, 0.3) is 5.91 Å². The number of hydrogen-bond acceptors (Lipinski definition) is 2. The molecule has 34 heavy (non-hydrogen) atoms. The molecule has 0 spiro atoms. The first-order valence-electron chi connectivity index (χ1n) is 8.23. The van der Waals surface area contributed by atoms with Gasteiger partial charge in [-0.2, -0.15) is 74.6 Å². The molecular formula is C14H13F17N2O. The largest absolute Gasteiger partial charge is 0.460 e. The monoisotopic (exact) mass is 548 g/mol. The minimum absolute atomic E-state index is 0.0643. The Balaban J connectivity index is 6.37. The molecule has 3 nitrogen and oxygen atoms in total. The van der Waals surface area contributed by atoms with Crippen LogP contribution < -0.4 is 5.32 Å². The van der Waals surface area contributed by atoms with E-state index in [-0.39, 0.29) is 13.0 Å². The molecule has 0 saturated heterocycles. The van der Waals surface area contributed by atoms with Gasteiger partial charge in [0.1, 0.15) is 0 Å². The van der Waals surface area contributed by atoms with Crippen LogP contribution in [0.4, 0.5) is 74.6 Å². The van der Waals surface area contributed by atoms with E-state index in [1.54, 1.807) is 0 Å². The van der Waals surface area contributed by atoms with Gasteiger partial charge in [-0.05, 0) is 27.1 Å². The number of nitrogens with zero attached hydrogens (tertiary/aromatic N) is 1. The first-order chi connectivity index (χ1) is 14.6. The van der Waals surface area contributed by atoms with E-state index < -0.39 is 60.1 Å². The van der Waals surface area contributed by atoms with E-state index in [1.165, 1.54) is 19.0 Å². The fraction of sp³-hybridized carbons (Fsp3) is 0.929. The molecule has 0 atom stereocenters. The predicted molar refractivity (Wildman–Crippen MR) is 76.9 cm³/mol. The molecule has 0 rings (SSSR count). The number of alkyl halides is 17. The number of carbonyl (C=O) groups excluding carboxylic acids is 1. The van der Waals surface area contributed by atoms with Crippen molar-refractivity contribution >= 4 is 5.91 Å². The van der Waals surface area contributed by atoms with Crippen LogP contribution in [0.15, 0.2) is 0 Å². The first kappa shape index (κ1) is 32.2. The minimum atomic E-state index is -8.72. The molecule has 0 aliphatic carbocycles. The summed E-state index contributed by atoms with van der Waals surface area (Å²) < 4.78 is 222. The van der Waals surface area contributed by atoms with Gasteiger partial charge in [0.15, 0.2) is 0 Å². The summed E-state index contributed by atoms with van der Waals surface area (Å²) >= 11 is 0. The number of nitrogens with one attached hydrogen (secondary N) is 1. The molecule has 0 aliphatic heterocycles. The Morgan fingerprint density at radius 2 is 0.912 bits per heavy atom. The maximum absolute atomic E-state index is 13.6.